The Bertz CT molecular complexity index is 431. The minimum atomic E-state index is 0.644. The van der Waals surface area contributed by atoms with Gasteiger partial charge in [0.05, 0.1) is 12.3 Å². The third-order valence-electron chi connectivity index (χ3n) is 2.16. The second kappa shape index (κ2) is 4.17. The topological polar surface area (TPSA) is 27.1 Å². The Kier molecular flexibility index (Phi) is 2.72. The van der Waals surface area contributed by atoms with Gasteiger partial charge in [-0.2, -0.15) is 0 Å². The Labute approximate surface area is 89.3 Å². The van der Waals surface area contributed by atoms with Gasteiger partial charge in [0, 0.05) is 12.3 Å². The van der Waals surface area contributed by atoms with Crippen molar-refractivity contribution >= 4 is 0 Å². The standard InChI is InChI=1S/C12H14N2O/c1-3-15-12-8-9-14(13-12)11-6-4-10(2)5-7-11/h4-9H,3H2,1-2H3. The van der Waals surface area contributed by atoms with E-state index in [0.29, 0.717) is 12.5 Å². The van der Waals surface area contributed by atoms with Gasteiger partial charge in [-0.15, -0.1) is 5.10 Å². The number of hydrogen-bond acceptors (Lipinski definition) is 2. The number of rotatable bonds is 3. The van der Waals surface area contributed by atoms with E-state index < -0.39 is 0 Å². The van der Waals surface area contributed by atoms with Crippen molar-refractivity contribution in [3.8, 4) is 11.6 Å². The lowest BCUT2D eigenvalue weighted by Crippen LogP contribution is -1.97. The number of ether oxygens (including phenoxy) is 1. The second-order valence-corrected chi connectivity index (χ2v) is 3.37. The Morgan fingerprint density at radius 1 is 1.20 bits per heavy atom. The van der Waals surface area contributed by atoms with Gasteiger partial charge in [-0.25, -0.2) is 4.68 Å². The summed E-state index contributed by atoms with van der Waals surface area (Å²) < 4.78 is 7.11. The van der Waals surface area contributed by atoms with E-state index in [-0.39, 0.29) is 0 Å². The molecule has 0 atom stereocenters. The molecule has 3 heteroatoms. The summed E-state index contributed by atoms with van der Waals surface area (Å²) in [6.45, 7) is 4.66. The third kappa shape index (κ3) is 2.18. The van der Waals surface area contributed by atoms with Crippen molar-refractivity contribution in [2.75, 3.05) is 6.61 Å². The van der Waals surface area contributed by atoms with Crippen LogP contribution in [-0.2, 0) is 0 Å². The van der Waals surface area contributed by atoms with Crippen molar-refractivity contribution in [3.63, 3.8) is 0 Å². The first-order valence-electron chi connectivity index (χ1n) is 5.05. The zero-order valence-corrected chi connectivity index (χ0v) is 8.97. The molecule has 0 saturated heterocycles. The highest BCUT2D eigenvalue weighted by Crippen LogP contribution is 2.12. The fraction of sp³-hybridized carbons (Fsp3) is 0.250. The molecule has 0 aliphatic carbocycles. The first-order chi connectivity index (χ1) is 7.29. The lowest BCUT2D eigenvalue weighted by molar-refractivity contribution is 0.324. The fourth-order valence-corrected chi connectivity index (χ4v) is 1.37. The van der Waals surface area contributed by atoms with Gasteiger partial charge in [0.25, 0.3) is 0 Å². The fourth-order valence-electron chi connectivity index (χ4n) is 1.37. The van der Waals surface area contributed by atoms with Crippen LogP contribution in [0, 0.1) is 6.92 Å². The van der Waals surface area contributed by atoms with Crippen molar-refractivity contribution in [1.82, 2.24) is 9.78 Å². The Balaban J connectivity index is 2.25. The summed E-state index contributed by atoms with van der Waals surface area (Å²) in [5.41, 5.74) is 2.29. The van der Waals surface area contributed by atoms with E-state index in [1.54, 1.807) is 0 Å². The van der Waals surface area contributed by atoms with Crippen LogP contribution in [0.5, 0.6) is 5.88 Å². The van der Waals surface area contributed by atoms with Crippen LogP contribution in [-0.4, -0.2) is 16.4 Å². The summed E-state index contributed by atoms with van der Waals surface area (Å²) in [5, 5.41) is 4.29. The molecule has 0 bridgehead atoms. The minimum absolute atomic E-state index is 0.644. The smallest absolute Gasteiger partial charge is 0.233 e. The lowest BCUT2D eigenvalue weighted by Gasteiger charge is -2.01. The molecule has 1 heterocycles. The van der Waals surface area contributed by atoms with Gasteiger partial charge in [0.1, 0.15) is 0 Å². The van der Waals surface area contributed by atoms with Gasteiger partial charge in [0.15, 0.2) is 0 Å². The normalized spacial score (nSPS) is 10.3. The van der Waals surface area contributed by atoms with Crippen molar-refractivity contribution in [3.05, 3.63) is 42.1 Å². The summed E-state index contributed by atoms with van der Waals surface area (Å²) in [4.78, 5) is 0. The maximum atomic E-state index is 5.30. The van der Waals surface area contributed by atoms with Crippen LogP contribution in [0.25, 0.3) is 5.69 Å². The lowest BCUT2D eigenvalue weighted by atomic mass is 10.2. The van der Waals surface area contributed by atoms with Gasteiger partial charge >= 0.3 is 0 Å². The molecular weight excluding hydrogens is 188 g/mol. The van der Waals surface area contributed by atoms with Crippen LogP contribution in [0.4, 0.5) is 0 Å². The molecule has 78 valence electrons. The van der Waals surface area contributed by atoms with Crippen molar-refractivity contribution in [2.45, 2.75) is 13.8 Å². The van der Waals surface area contributed by atoms with Gasteiger partial charge in [0.2, 0.25) is 5.88 Å². The van der Waals surface area contributed by atoms with Crippen LogP contribution in [0.2, 0.25) is 0 Å². The number of benzene rings is 1. The first-order valence-corrected chi connectivity index (χ1v) is 5.05. The molecular formula is C12H14N2O. The van der Waals surface area contributed by atoms with E-state index >= 15 is 0 Å². The average Bonchev–Trinajstić information content (AvgIpc) is 2.68. The van der Waals surface area contributed by atoms with E-state index in [2.05, 4.69) is 24.2 Å². The molecule has 0 unspecified atom stereocenters. The summed E-state index contributed by atoms with van der Waals surface area (Å²) in [6, 6.07) is 10.1. The van der Waals surface area contributed by atoms with Crippen LogP contribution in [0.3, 0.4) is 0 Å². The van der Waals surface area contributed by atoms with Gasteiger partial charge < -0.3 is 4.74 Å². The minimum Gasteiger partial charge on any atom is -0.477 e. The molecule has 1 aromatic carbocycles. The van der Waals surface area contributed by atoms with E-state index in [1.807, 2.05) is 36.0 Å². The Hall–Kier alpha value is -1.77. The molecule has 0 fully saturated rings. The Morgan fingerprint density at radius 3 is 2.60 bits per heavy atom. The van der Waals surface area contributed by atoms with Crippen molar-refractivity contribution in [2.24, 2.45) is 0 Å². The monoisotopic (exact) mass is 202 g/mol. The summed E-state index contributed by atoms with van der Waals surface area (Å²) >= 11 is 0. The highest BCUT2D eigenvalue weighted by molar-refractivity contribution is 5.34. The molecule has 3 nitrogen and oxygen atoms in total. The van der Waals surface area contributed by atoms with Gasteiger partial charge in [-0.05, 0) is 26.0 Å². The van der Waals surface area contributed by atoms with Crippen LogP contribution >= 0.6 is 0 Å². The number of aryl methyl sites for hydroxylation is 1. The highest BCUT2D eigenvalue weighted by atomic mass is 16.5. The van der Waals surface area contributed by atoms with E-state index in [0.717, 1.165) is 5.69 Å². The van der Waals surface area contributed by atoms with Crippen molar-refractivity contribution < 1.29 is 4.74 Å². The molecule has 2 aromatic rings. The van der Waals surface area contributed by atoms with Crippen LogP contribution < -0.4 is 4.74 Å². The molecule has 15 heavy (non-hydrogen) atoms. The van der Waals surface area contributed by atoms with E-state index in [9.17, 15) is 0 Å². The largest absolute Gasteiger partial charge is 0.477 e. The molecule has 0 aliphatic rings. The SMILES string of the molecule is CCOc1ccn(-c2ccc(C)cc2)n1. The average molecular weight is 202 g/mol. The highest BCUT2D eigenvalue weighted by Gasteiger charge is 2.00. The maximum absolute atomic E-state index is 5.30. The predicted octanol–water partition coefficient (Wildman–Crippen LogP) is 2.58. The molecule has 0 saturated carbocycles. The third-order valence-corrected chi connectivity index (χ3v) is 2.16. The number of aromatic nitrogens is 2. The Morgan fingerprint density at radius 2 is 1.93 bits per heavy atom. The number of nitrogens with zero attached hydrogens (tertiary/aromatic N) is 2. The second-order valence-electron chi connectivity index (χ2n) is 3.37. The summed E-state index contributed by atoms with van der Waals surface area (Å²) in [7, 11) is 0. The molecule has 0 aliphatic heterocycles. The van der Waals surface area contributed by atoms with Gasteiger partial charge in [-0.1, -0.05) is 17.7 Å². The first kappa shape index (κ1) is 9.77. The van der Waals surface area contributed by atoms with Crippen LogP contribution in [0.15, 0.2) is 36.5 Å². The zero-order valence-electron chi connectivity index (χ0n) is 8.97. The molecule has 0 radical (unpaired) electrons. The summed E-state index contributed by atoms with van der Waals surface area (Å²) in [5.74, 6) is 0.665. The quantitative estimate of drug-likeness (QED) is 0.764. The molecule has 0 spiro atoms. The van der Waals surface area contributed by atoms with Crippen LogP contribution in [0.1, 0.15) is 12.5 Å². The zero-order chi connectivity index (χ0) is 10.7. The molecule has 0 amide bonds. The predicted molar refractivity (Wildman–Crippen MR) is 59.5 cm³/mol. The van der Waals surface area contributed by atoms with Crippen molar-refractivity contribution in [1.29, 1.82) is 0 Å². The number of hydrogen-bond donors (Lipinski definition) is 0. The maximum Gasteiger partial charge on any atom is 0.233 e. The van der Waals surface area contributed by atoms with Gasteiger partial charge in [-0.3, -0.25) is 0 Å². The summed E-state index contributed by atoms with van der Waals surface area (Å²) in [6.07, 6.45) is 1.90. The van der Waals surface area contributed by atoms with E-state index in [1.165, 1.54) is 5.56 Å². The molecule has 2 rings (SSSR count). The molecule has 0 N–H and O–H groups in total. The van der Waals surface area contributed by atoms with E-state index in [4.69, 9.17) is 4.74 Å². The molecule has 1 aromatic heterocycles.